The van der Waals surface area contributed by atoms with Gasteiger partial charge in [0, 0.05) is 37.3 Å². The fraction of sp³-hybridized carbons (Fsp3) is 0.667. The first-order chi connectivity index (χ1) is 14.0. The molecular formula is C21H28FN3O4. The first-order valence-electron chi connectivity index (χ1n) is 10.6. The zero-order valence-electron chi connectivity index (χ0n) is 16.6. The van der Waals surface area contributed by atoms with Gasteiger partial charge < -0.3 is 30.1 Å². The summed E-state index contributed by atoms with van der Waals surface area (Å²) in [5.41, 5.74) is 1.22. The van der Waals surface area contributed by atoms with Gasteiger partial charge in [-0.1, -0.05) is 0 Å². The van der Waals surface area contributed by atoms with Gasteiger partial charge in [0.2, 0.25) is 0 Å². The van der Waals surface area contributed by atoms with E-state index in [1.807, 2.05) is 9.80 Å². The summed E-state index contributed by atoms with van der Waals surface area (Å²) in [5, 5.41) is 22.9. The summed E-state index contributed by atoms with van der Waals surface area (Å²) < 4.78 is 21.1. The van der Waals surface area contributed by atoms with Crippen LogP contribution >= 0.6 is 0 Å². The molecule has 1 aromatic rings. The zero-order valence-corrected chi connectivity index (χ0v) is 16.6. The van der Waals surface area contributed by atoms with Crippen molar-refractivity contribution in [1.82, 2.24) is 5.32 Å². The van der Waals surface area contributed by atoms with Crippen molar-refractivity contribution < 1.29 is 24.1 Å². The fourth-order valence-electron chi connectivity index (χ4n) is 5.33. The molecule has 3 unspecified atom stereocenters. The van der Waals surface area contributed by atoms with Gasteiger partial charge in [-0.2, -0.15) is 0 Å². The van der Waals surface area contributed by atoms with Crippen LogP contribution in [0, 0.1) is 17.7 Å². The van der Waals surface area contributed by atoms with Gasteiger partial charge in [0.1, 0.15) is 5.69 Å². The average Bonchev–Trinajstić information content (AvgIpc) is 3.45. The van der Waals surface area contributed by atoms with Crippen LogP contribution in [0.2, 0.25) is 0 Å². The first kappa shape index (κ1) is 19.1. The molecule has 8 heteroatoms. The molecule has 4 aliphatic rings. The van der Waals surface area contributed by atoms with Gasteiger partial charge in [-0.15, -0.1) is 0 Å². The Morgan fingerprint density at radius 1 is 1.21 bits per heavy atom. The number of benzene rings is 1. The Balaban J connectivity index is 1.60. The molecule has 158 valence electrons. The van der Waals surface area contributed by atoms with Crippen LogP contribution in [0.5, 0.6) is 5.75 Å². The molecular weight excluding hydrogens is 377 g/mol. The van der Waals surface area contributed by atoms with E-state index < -0.39 is 23.8 Å². The van der Waals surface area contributed by atoms with Gasteiger partial charge >= 0.3 is 0 Å². The van der Waals surface area contributed by atoms with Crippen LogP contribution in [0.3, 0.4) is 0 Å². The van der Waals surface area contributed by atoms with Crippen LogP contribution < -0.4 is 19.9 Å². The quantitative estimate of drug-likeness (QED) is 0.647. The van der Waals surface area contributed by atoms with Gasteiger partial charge in [0.15, 0.2) is 23.6 Å². The lowest BCUT2D eigenvalue weighted by Gasteiger charge is -2.38. The number of fused-ring (bicyclic) bond motifs is 2. The van der Waals surface area contributed by atoms with Gasteiger partial charge in [-0.05, 0) is 44.2 Å². The van der Waals surface area contributed by atoms with Crippen molar-refractivity contribution in [2.75, 3.05) is 43.1 Å². The summed E-state index contributed by atoms with van der Waals surface area (Å²) in [7, 11) is 1.52. The molecule has 1 aromatic carbocycles. The Morgan fingerprint density at radius 3 is 2.66 bits per heavy atom. The van der Waals surface area contributed by atoms with Gasteiger partial charge in [0.25, 0.3) is 0 Å². The number of methoxy groups -OCH3 is 1. The van der Waals surface area contributed by atoms with E-state index in [0.717, 1.165) is 38.8 Å². The fourth-order valence-corrected chi connectivity index (χ4v) is 5.33. The number of ketones is 1. The second kappa shape index (κ2) is 7.11. The maximum absolute atomic E-state index is 15.4. The highest BCUT2D eigenvalue weighted by Crippen LogP contribution is 2.50. The minimum absolute atomic E-state index is 0.189. The first-order valence-corrected chi connectivity index (χ1v) is 10.6. The summed E-state index contributed by atoms with van der Waals surface area (Å²) in [6.07, 6.45) is 2.43. The number of carbonyl (C=O) groups is 1. The molecule has 3 N–H and O–H groups in total. The number of anilines is 2. The Bertz CT molecular complexity index is 815. The number of halogens is 1. The van der Waals surface area contributed by atoms with E-state index in [9.17, 15) is 15.0 Å². The standard InChI is InChI=1S/C21H28FN3O4/c1-29-20-17-13(19(26)14(21(27)28)9-25(17)12-4-5-12)7-15(22)18(20)24-8-11-3-2-6-23-16(11)10-24/h7,11-12,14,16,21,23,27-28H,2-6,8-10H2,1H3. The van der Waals surface area contributed by atoms with Crippen molar-refractivity contribution >= 4 is 17.2 Å². The molecule has 3 aliphatic heterocycles. The molecule has 3 fully saturated rings. The van der Waals surface area contributed by atoms with Crippen LogP contribution in [0.15, 0.2) is 6.07 Å². The van der Waals surface area contributed by atoms with Crippen molar-refractivity contribution in [3.05, 3.63) is 17.4 Å². The number of Topliss-reactive ketones (excluding diaryl/α,β-unsaturated/α-hetero) is 1. The summed E-state index contributed by atoms with van der Waals surface area (Å²) in [4.78, 5) is 17.0. The largest absolute Gasteiger partial charge is 0.492 e. The number of carbonyl (C=O) groups excluding carboxylic acids is 1. The number of rotatable bonds is 4. The van der Waals surface area contributed by atoms with Crippen molar-refractivity contribution in [3.8, 4) is 5.75 Å². The van der Waals surface area contributed by atoms with E-state index >= 15 is 4.39 Å². The number of piperidine rings is 1. The van der Waals surface area contributed by atoms with E-state index in [2.05, 4.69) is 5.32 Å². The molecule has 3 atom stereocenters. The minimum Gasteiger partial charge on any atom is -0.492 e. The highest BCUT2D eigenvalue weighted by Gasteiger charge is 2.45. The van der Waals surface area contributed by atoms with Crippen molar-refractivity contribution in [3.63, 3.8) is 0 Å². The average molecular weight is 405 g/mol. The maximum Gasteiger partial charge on any atom is 0.175 e. The predicted octanol–water partition coefficient (Wildman–Crippen LogP) is 1.11. The number of aliphatic hydroxyl groups is 2. The van der Waals surface area contributed by atoms with Crippen molar-refractivity contribution in [2.45, 2.75) is 44.1 Å². The van der Waals surface area contributed by atoms with Gasteiger partial charge in [0.05, 0.1) is 18.7 Å². The van der Waals surface area contributed by atoms with Crippen LogP contribution in [0.25, 0.3) is 0 Å². The van der Waals surface area contributed by atoms with Crippen LogP contribution in [0.4, 0.5) is 15.8 Å². The smallest absolute Gasteiger partial charge is 0.175 e. The summed E-state index contributed by atoms with van der Waals surface area (Å²) in [6.45, 7) is 2.68. The third-order valence-electron chi connectivity index (χ3n) is 6.93. The Kier molecular flexibility index (Phi) is 4.68. The Hall–Kier alpha value is -1.90. The van der Waals surface area contributed by atoms with Crippen LogP contribution in [-0.4, -0.2) is 67.7 Å². The molecule has 0 aromatic heterocycles. The topological polar surface area (TPSA) is 85.3 Å². The summed E-state index contributed by atoms with van der Waals surface area (Å²) in [5.74, 6) is -1.02. The molecule has 7 nitrogen and oxygen atoms in total. The molecule has 29 heavy (non-hydrogen) atoms. The molecule has 3 heterocycles. The molecule has 0 amide bonds. The lowest BCUT2D eigenvalue weighted by atomic mass is 9.89. The summed E-state index contributed by atoms with van der Waals surface area (Å²) >= 11 is 0. The van der Waals surface area contributed by atoms with E-state index in [-0.39, 0.29) is 18.2 Å². The zero-order chi connectivity index (χ0) is 20.3. The number of hydrogen-bond acceptors (Lipinski definition) is 7. The second-order valence-corrected chi connectivity index (χ2v) is 8.77. The normalized spacial score (nSPS) is 29.3. The highest BCUT2D eigenvalue weighted by molar-refractivity contribution is 6.07. The minimum atomic E-state index is -1.77. The van der Waals surface area contributed by atoms with Gasteiger partial charge in [-0.3, -0.25) is 4.79 Å². The number of nitrogens with zero attached hydrogens (tertiary/aromatic N) is 2. The molecule has 0 spiro atoms. The van der Waals surface area contributed by atoms with E-state index in [0.29, 0.717) is 35.6 Å². The molecule has 5 rings (SSSR count). The lowest BCUT2D eigenvalue weighted by Crippen LogP contribution is -2.46. The van der Waals surface area contributed by atoms with E-state index in [1.54, 1.807) is 0 Å². The SMILES string of the molecule is COc1c(N2CC3CCCNC3C2)c(F)cc2c1N(C1CC1)CC(C(O)O)C2=O. The lowest BCUT2D eigenvalue weighted by molar-refractivity contribution is -0.0711. The molecule has 2 saturated heterocycles. The predicted molar refractivity (Wildman–Crippen MR) is 106 cm³/mol. The highest BCUT2D eigenvalue weighted by atomic mass is 19.1. The summed E-state index contributed by atoms with van der Waals surface area (Å²) in [6, 6.07) is 1.84. The molecule has 0 radical (unpaired) electrons. The maximum atomic E-state index is 15.4. The van der Waals surface area contributed by atoms with Crippen molar-refractivity contribution in [1.29, 1.82) is 0 Å². The third-order valence-corrected chi connectivity index (χ3v) is 6.93. The number of hydrogen-bond donors (Lipinski definition) is 3. The Morgan fingerprint density at radius 2 is 2.00 bits per heavy atom. The van der Waals surface area contributed by atoms with E-state index in [4.69, 9.17) is 4.74 Å². The monoisotopic (exact) mass is 405 g/mol. The molecule has 1 saturated carbocycles. The number of nitrogens with one attached hydrogen (secondary N) is 1. The van der Waals surface area contributed by atoms with Crippen LogP contribution in [0.1, 0.15) is 36.0 Å². The van der Waals surface area contributed by atoms with Gasteiger partial charge in [-0.25, -0.2) is 4.39 Å². The number of aliphatic hydroxyl groups excluding tert-OH is 1. The molecule has 1 aliphatic carbocycles. The Labute approximate surface area is 169 Å². The van der Waals surface area contributed by atoms with E-state index in [1.165, 1.54) is 13.2 Å². The third kappa shape index (κ3) is 3.08. The van der Waals surface area contributed by atoms with Crippen LogP contribution in [-0.2, 0) is 0 Å². The molecule has 0 bridgehead atoms. The second-order valence-electron chi connectivity index (χ2n) is 8.77. The number of ether oxygens (including phenoxy) is 1. The van der Waals surface area contributed by atoms with Crippen molar-refractivity contribution in [2.24, 2.45) is 11.8 Å².